The highest BCUT2D eigenvalue weighted by molar-refractivity contribution is 6.05. The highest BCUT2D eigenvalue weighted by Crippen LogP contribution is 2.25. The van der Waals surface area contributed by atoms with Crippen molar-refractivity contribution in [3.63, 3.8) is 0 Å². The third kappa shape index (κ3) is 2.43. The van der Waals surface area contributed by atoms with Crippen LogP contribution in [0.1, 0.15) is 27.9 Å². The van der Waals surface area contributed by atoms with Gasteiger partial charge in [-0.25, -0.2) is 0 Å². The molecule has 0 saturated heterocycles. The molecule has 3 nitrogen and oxygen atoms in total. The number of methoxy groups -OCH3 is 1. The Morgan fingerprint density at radius 1 is 1.40 bits per heavy atom. The van der Waals surface area contributed by atoms with Crippen LogP contribution in [0, 0.1) is 13.8 Å². The standard InChI is InChI=1S/C12H14O3/c1-8-6-9(2)12(10(14)4-5-13)11(7-8)15-3/h5-7H,4H2,1-3H3. The summed E-state index contributed by atoms with van der Waals surface area (Å²) in [5.41, 5.74) is 2.39. The van der Waals surface area contributed by atoms with Gasteiger partial charge in [0.25, 0.3) is 0 Å². The zero-order valence-electron chi connectivity index (χ0n) is 9.16. The predicted molar refractivity (Wildman–Crippen MR) is 57.5 cm³/mol. The number of carbonyl (C=O) groups excluding carboxylic acids is 2. The molecule has 0 aliphatic carbocycles. The largest absolute Gasteiger partial charge is 0.496 e. The molecule has 1 aromatic rings. The maximum atomic E-state index is 11.6. The van der Waals surface area contributed by atoms with Crippen molar-refractivity contribution < 1.29 is 14.3 Å². The Kier molecular flexibility index (Phi) is 3.61. The van der Waals surface area contributed by atoms with Crippen LogP contribution in [-0.4, -0.2) is 19.2 Å². The number of aldehydes is 1. The lowest BCUT2D eigenvalue weighted by molar-refractivity contribution is -0.107. The van der Waals surface area contributed by atoms with Crippen LogP contribution in [0.25, 0.3) is 0 Å². The first-order valence-corrected chi connectivity index (χ1v) is 4.72. The molecular formula is C12H14O3. The van der Waals surface area contributed by atoms with E-state index in [4.69, 9.17) is 4.74 Å². The smallest absolute Gasteiger partial charge is 0.173 e. The number of hydrogen-bond donors (Lipinski definition) is 0. The molecular weight excluding hydrogens is 192 g/mol. The highest BCUT2D eigenvalue weighted by Gasteiger charge is 2.15. The zero-order chi connectivity index (χ0) is 11.4. The van der Waals surface area contributed by atoms with Crippen molar-refractivity contribution in [3.8, 4) is 5.75 Å². The van der Waals surface area contributed by atoms with Crippen LogP contribution in [-0.2, 0) is 4.79 Å². The van der Waals surface area contributed by atoms with Gasteiger partial charge in [-0.05, 0) is 31.0 Å². The van der Waals surface area contributed by atoms with Crippen molar-refractivity contribution in [2.24, 2.45) is 0 Å². The van der Waals surface area contributed by atoms with Crippen LogP contribution in [0.3, 0.4) is 0 Å². The predicted octanol–water partition coefficient (Wildman–Crippen LogP) is 2.08. The summed E-state index contributed by atoms with van der Waals surface area (Å²) in [5, 5.41) is 0. The molecule has 80 valence electrons. The number of ketones is 1. The monoisotopic (exact) mass is 206 g/mol. The summed E-state index contributed by atoms with van der Waals surface area (Å²) in [6.45, 7) is 3.77. The van der Waals surface area contributed by atoms with Gasteiger partial charge in [-0.15, -0.1) is 0 Å². The molecule has 0 fully saturated rings. The van der Waals surface area contributed by atoms with Gasteiger partial charge in [0.05, 0.1) is 19.1 Å². The molecule has 1 aromatic carbocycles. The first kappa shape index (κ1) is 11.4. The van der Waals surface area contributed by atoms with E-state index >= 15 is 0 Å². The summed E-state index contributed by atoms with van der Waals surface area (Å²) in [4.78, 5) is 22.0. The van der Waals surface area contributed by atoms with Crippen molar-refractivity contribution in [1.82, 2.24) is 0 Å². The number of rotatable bonds is 4. The van der Waals surface area contributed by atoms with Gasteiger partial charge in [-0.2, -0.15) is 0 Å². The van der Waals surface area contributed by atoms with Gasteiger partial charge >= 0.3 is 0 Å². The summed E-state index contributed by atoms with van der Waals surface area (Å²) in [7, 11) is 1.52. The Bertz CT molecular complexity index is 394. The zero-order valence-corrected chi connectivity index (χ0v) is 9.16. The second-order valence-corrected chi connectivity index (χ2v) is 3.45. The van der Waals surface area contributed by atoms with Gasteiger partial charge in [-0.1, -0.05) is 6.07 Å². The van der Waals surface area contributed by atoms with Crippen LogP contribution in [0.2, 0.25) is 0 Å². The lowest BCUT2D eigenvalue weighted by Crippen LogP contribution is -2.05. The van der Waals surface area contributed by atoms with E-state index in [9.17, 15) is 9.59 Å². The third-order valence-electron chi connectivity index (χ3n) is 2.21. The SMILES string of the molecule is COc1cc(C)cc(C)c1C(=O)CC=O. The summed E-state index contributed by atoms with van der Waals surface area (Å²) >= 11 is 0. The molecule has 0 atom stereocenters. The van der Waals surface area contributed by atoms with Gasteiger partial charge in [0.15, 0.2) is 5.78 Å². The fourth-order valence-corrected chi connectivity index (χ4v) is 1.62. The number of benzene rings is 1. The summed E-state index contributed by atoms with van der Waals surface area (Å²) < 4.78 is 5.14. The van der Waals surface area contributed by atoms with Crippen LogP contribution in [0.15, 0.2) is 12.1 Å². The van der Waals surface area contributed by atoms with Crippen molar-refractivity contribution in [1.29, 1.82) is 0 Å². The fraction of sp³-hybridized carbons (Fsp3) is 0.333. The molecule has 1 rings (SSSR count). The maximum Gasteiger partial charge on any atom is 0.173 e. The minimum Gasteiger partial charge on any atom is -0.496 e. The minimum absolute atomic E-state index is 0.0970. The number of Topliss-reactive ketones (excluding diaryl/α,β-unsaturated/α-hetero) is 1. The van der Waals surface area contributed by atoms with E-state index in [2.05, 4.69) is 0 Å². The summed E-state index contributed by atoms with van der Waals surface area (Å²) in [6, 6.07) is 3.70. The Morgan fingerprint density at radius 3 is 2.60 bits per heavy atom. The number of ether oxygens (including phenoxy) is 1. The van der Waals surface area contributed by atoms with Gasteiger partial charge in [-0.3, -0.25) is 4.79 Å². The molecule has 0 bridgehead atoms. The highest BCUT2D eigenvalue weighted by atomic mass is 16.5. The van der Waals surface area contributed by atoms with E-state index in [1.165, 1.54) is 7.11 Å². The topological polar surface area (TPSA) is 43.4 Å². The molecule has 0 spiro atoms. The Balaban J connectivity index is 3.25. The molecule has 0 radical (unpaired) electrons. The molecule has 15 heavy (non-hydrogen) atoms. The summed E-state index contributed by atoms with van der Waals surface area (Å²) in [6.07, 6.45) is 0.515. The van der Waals surface area contributed by atoms with Crippen LogP contribution in [0.5, 0.6) is 5.75 Å². The second kappa shape index (κ2) is 4.73. The van der Waals surface area contributed by atoms with E-state index < -0.39 is 0 Å². The van der Waals surface area contributed by atoms with E-state index in [1.807, 2.05) is 19.9 Å². The first-order valence-electron chi connectivity index (χ1n) is 4.72. The molecule has 0 heterocycles. The van der Waals surface area contributed by atoms with Crippen molar-refractivity contribution in [2.45, 2.75) is 20.3 Å². The summed E-state index contributed by atoms with van der Waals surface area (Å²) in [5.74, 6) is 0.346. The van der Waals surface area contributed by atoms with E-state index in [1.54, 1.807) is 6.07 Å². The Hall–Kier alpha value is -1.64. The van der Waals surface area contributed by atoms with Gasteiger partial charge in [0.2, 0.25) is 0 Å². The normalized spacial score (nSPS) is 9.80. The lowest BCUT2D eigenvalue weighted by Gasteiger charge is -2.10. The Labute approximate surface area is 89.1 Å². The molecule has 0 aliphatic rings. The van der Waals surface area contributed by atoms with E-state index in [-0.39, 0.29) is 12.2 Å². The van der Waals surface area contributed by atoms with Gasteiger partial charge in [0, 0.05) is 0 Å². The van der Waals surface area contributed by atoms with Crippen LogP contribution >= 0.6 is 0 Å². The average Bonchev–Trinajstić information content (AvgIpc) is 2.16. The number of aryl methyl sites for hydroxylation is 2. The Morgan fingerprint density at radius 2 is 2.07 bits per heavy atom. The first-order chi connectivity index (χ1) is 7.10. The average molecular weight is 206 g/mol. The van der Waals surface area contributed by atoms with E-state index in [0.29, 0.717) is 17.6 Å². The van der Waals surface area contributed by atoms with Crippen molar-refractivity contribution >= 4 is 12.1 Å². The van der Waals surface area contributed by atoms with Crippen LogP contribution < -0.4 is 4.74 Å². The molecule has 3 heteroatoms. The van der Waals surface area contributed by atoms with Crippen LogP contribution in [0.4, 0.5) is 0 Å². The minimum atomic E-state index is -0.195. The number of hydrogen-bond acceptors (Lipinski definition) is 3. The van der Waals surface area contributed by atoms with Gasteiger partial charge in [0.1, 0.15) is 12.0 Å². The van der Waals surface area contributed by atoms with Gasteiger partial charge < -0.3 is 9.53 Å². The van der Waals surface area contributed by atoms with Crippen molar-refractivity contribution in [2.75, 3.05) is 7.11 Å². The maximum absolute atomic E-state index is 11.6. The van der Waals surface area contributed by atoms with Crippen molar-refractivity contribution in [3.05, 3.63) is 28.8 Å². The quantitative estimate of drug-likeness (QED) is 0.430. The fourth-order valence-electron chi connectivity index (χ4n) is 1.62. The number of carbonyl (C=O) groups is 2. The molecule has 0 N–H and O–H groups in total. The molecule has 0 aliphatic heterocycles. The lowest BCUT2D eigenvalue weighted by atomic mass is 9.99. The second-order valence-electron chi connectivity index (χ2n) is 3.45. The molecule has 0 unspecified atom stereocenters. The molecule has 0 saturated carbocycles. The third-order valence-corrected chi connectivity index (χ3v) is 2.21. The molecule has 0 amide bonds. The molecule has 0 aromatic heterocycles. The van der Waals surface area contributed by atoms with E-state index in [0.717, 1.165) is 11.1 Å².